The number of phenols is 1. The molecule has 1 heterocycles. The first-order valence-electron chi connectivity index (χ1n) is 6.30. The van der Waals surface area contributed by atoms with E-state index in [-0.39, 0.29) is 11.6 Å². The summed E-state index contributed by atoms with van der Waals surface area (Å²) in [5.74, 6) is 0.575. The fourth-order valence-electron chi connectivity index (χ4n) is 2.28. The van der Waals surface area contributed by atoms with Gasteiger partial charge in [0.15, 0.2) is 0 Å². The first kappa shape index (κ1) is 12.5. The zero-order valence-corrected chi connectivity index (χ0v) is 11.0. The van der Waals surface area contributed by atoms with Crippen molar-refractivity contribution < 1.29 is 14.2 Å². The minimum absolute atomic E-state index is 0.248. The molecule has 2 aromatic carbocycles. The van der Waals surface area contributed by atoms with E-state index >= 15 is 0 Å². The van der Waals surface area contributed by atoms with Crippen LogP contribution < -0.4 is 4.74 Å². The lowest BCUT2D eigenvalue weighted by Gasteiger charge is -2.08. The van der Waals surface area contributed by atoms with Gasteiger partial charge in [0.25, 0.3) is 0 Å². The van der Waals surface area contributed by atoms with Crippen LogP contribution in [0.3, 0.4) is 0 Å². The zero-order valence-electron chi connectivity index (χ0n) is 11.0. The van der Waals surface area contributed by atoms with E-state index in [2.05, 4.69) is 0 Å². The number of aryl methyl sites for hydroxylation is 1. The van der Waals surface area contributed by atoms with Crippen molar-refractivity contribution in [3.63, 3.8) is 0 Å². The maximum atomic E-state index is 12.8. The Kier molecular flexibility index (Phi) is 3.06. The lowest BCUT2D eigenvalue weighted by atomic mass is 10.2. The summed E-state index contributed by atoms with van der Waals surface area (Å²) < 4.78 is 20.3. The molecule has 0 aliphatic heterocycles. The number of ether oxygens (including phenoxy) is 1. The number of benzene rings is 2. The normalized spacial score (nSPS) is 10.9. The van der Waals surface area contributed by atoms with Crippen LogP contribution >= 0.6 is 0 Å². The van der Waals surface area contributed by atoms with Crippen molar-refractivity contribution in [1.29, 1.82) is 0 Å². The molecule has 0 amide bonds. The van der Waals surface area contributed by atoms with Crippen LogP contribution in [0.15, 0.2) is 48.5 Å². The van der Waals surface area contributed by atoms with Crippen molar-refractivity contribution in [1.82, 2.24) is 4.57 Å². The van der Waals surface area contributed by atoms with Crippen molar-refractivity contribution in [3.8, 4) is 11.5 Å². The number of para-hydroxylation sites is 1. The van der Waals surface area contributed by atoms with E-state index in [4.69, 9.17) is 4.74 Å². The number of nitrogens with zero attached hydrogens (tertiary/aromatic N) is 1. The molecule has 0 bridgehead atoms. The molecule has 0 aliphatic rings. The van der Waals surface area contributed by atoms with Crippen LogP contribution in [0.4, 0.5) is 4.39 Å². The maximum absolute atomic E-state index is 12.8. The fraction of sp³-hybridized carbons (Fsp3) is 0.125. The monoisotopic (exact) mass is 271 g/mol. The van der Waals surface area contributed by atoms with E-state index in [1.807, 2.05) is 29.8 Å². The maximum Gasteiger partial charge on any atom is 0.139 e. The Morgan fingerprint density at radius 3 is 2.60 bits per heavy atom. The lowest BCUT2D eigenvalue weighted by Crippen LogP contribution is -2.01. The van der Waals surface area contributed by atoms with E-state index < -0.39 is 0 Å². The van der Waals surface area contributed by atoms with Crippen LogP contribution in [0.2, 0.25) is 0 Å². The summed E-state index contributed by atoms with van der Waals surface area (Å²) in [6.45, 7) is 0.357. The van der Waals surface area contributed by atoms with E-state index in [0.29, 0.717) is 12.4 Å². The summed E-state index contributed by atoms with van der Waals surface area (Å²) in [6.07, 6.45) is 0. The predicted octanol–water partition coefficient (Wildman–Crippen LogP) is 3.60. The second kappa shape index (κ2) is 4.89. The van der Waals surface area contributed by atoms with Gasteiger partial charge in [-0.2, -0.15) is 0 Å². The Labute approximate surface area is 115 Å². The van der Waals surface area contributed by atoms with Crippen LogP contribution in [0.5, 0.6) is 11.5 Å². The standard InChI is InChI=1S/C16H14FNO2/c1-18-13(9-11-3-2-4-15(19)16(11)18)10-20-14-7-5-12(17)6-8-14/h2-9,19H,10H2,1H3. The van der Waals surface area contributed by atoms with Crippen molar-refractivity contribution in [2.24, 2.45) is 7.05 Å². The average Bonchev–Trinajstić information content (AvgIpc) is 2.76. The van der Waals surface area contributed by atoms with Gasteiger partial charge in [0, 0.05) is 12.4 Å². The highest BCUT2D eigenvalue weighted by Gasteiger charge is 2.09. The van der Waals surface area contributed by atoms with Gasteiger partial charge in [-0.1, -0.05) is 12.1 Å². The van der Waals surface area contributed by atoms with E-state index in [0.717, 1.165) is 16.6 Å². The molecule has 4 heteroatoms. The molecule has 3 aromatic rings. The molecule has 0 fully saturated rings. The second-order valence-corrected chi connectivity index (χ2v) is 4.65. The molecule has 0 radical (unpaired) electrons. The fourth-order valence-corrected chi connectivity index (χ4v) is 2.28. The lowest BCUT2D eigenvalue weighted by molar-refractivity contribution is 0.297. The average molecular weight is 271 g/mol. The van der Waals surface area contributed by atoms with Crippen molar-refractivity contribution in [2.45, 2.75) is 6.61 Å². The highest BCUT2D eigenvalue weighted by molar-refractivity contribution is 5.86. The summed E-state index contributed by atoms with van der Waals surface area (Å²) in [4.78, 5) is 0. The van der Waals surface area contributed by atoms with Crippen LogP contribution in [-0.4, -0.2) is 9.67 Å². The van der Waals surface area contributed by atoms with Gasteiger partial charge in [-0.3, -0.25) is 0 Å². The molecule has 3 rings (SSSR count). The first-order chi connectivity index (χ1) is 9.65. The largest absolute Gasteiger partial charge is 0.506 e. The van der Waals surface area contributed by atoms with Crippen LogP contribution in [0.25, 0.3) is 10.9 Å². The molecule has 0 saturated carbocycles. The van der Waals surface area contributed by atoms with Gasteiger partial charge in [0.05, 0.1) is 11.2 Å². The summed E-state index contributed by atoms with van der Waals surface area (Å²) in [6, 6.07) is 13.3. The van der Waals surface area contributed by atoms with Gasteiger partial charge in [0.2, 0.25) is 0 Å². The Morgan fingerprint density at radius 2 is 1.90 bits per heavy atom. The quantitative estimate of drug-likeness (QED) is 0.789. The van der Waals surface area contributed by atoms with E-state index in [1.54, 1.807) is 18.2 Å². The number of fused-ring (bicyclic) bond motifs is 1. The summed E-state index contributed by atoms with van der Waals surface area (Å²) in [7, 11) is 1.88. The van der Waals surface area contributed by atoms with Gasteiger partial charge in [-0.05, 0) is 36.4 Å². The Balaban J connectivity index is 1.86. The number of rotatable bonds is 3. The molecule has 1 aromatic heterocycles. The molecule has 1 N–H and O–H groups in total. The summed E-state index contributed by atoms with van der Waals surface area (Å²) >= 11 is 0. The number of aromatic hydroxyl groups is 1. The Hall–Kier alpha value is -2.49. The number of phenolic OH excluding ortho intramolecular Hbond substituents is 1. The number of hydrogen-bond acceptors (Lipinski definition) is 2. The Bertz CT molecular complexity index is 747. The molecule has 0 atom stereocenters. The van der Waals surface area contributed by atoms with Crippen LogP contribution in [0.1, 0.15) is 5.69 Å². The summed E-state index contributed by atoms with van der Waals surface area (Å²) in [5, 5.41) is 10.8. The molecular formula is C16H14FNO2. The third-order valence-corrected chi connectivity index (χ3v) is 3.33. The molecule has 3 nitrogen and oxygen atoms in total. The third kappa shape index (κ3) is 2.20. The van der Waals surface area contributed by atoms with Gasteiger partial charge in [-0.15, -0.1) is 0 Å². The molecule has 0 unspecified atom stereocenters. The SMILES string of the molecule is Cn1c(COc2ccc(F)cc2)cc2cccc(O)c21. The zero-order chi connectivity index (χ0) is 14.1. The minimum atomic E-state index is -0.285. The molecular weight excluding hydrogens is 257 g/mol. The molecule has 20 heavy (non-hydrogen) atoms. The highest BCUT2D eigenvalue weighted by Crippen LogP contribution is 2.27. The van der Waals surface area contributed by atoms with Crippen molar-refractivity contribution in [2.75, 3.05) is 0 Å². The number of hydrogen-bond donors (Lipinski definition) is 1. The first-order valence-corrected chi connectivity index (χ1v) is 6.30. The van der Waals surface area contributed by atoms with Gasteiger partial charge in [0.1, 0.15) is 23.9 Å². The topological polar surface area (TPSA) is 34.4 Å². The van der Waals surface area contributed by atoms with Gasteiger partial charge >= 0.3 is 0 Å². The molecule has 0 saturated heterocycles. The van der Waals surface area contributed by atoms with Gasteiger partial charge in [-0.25, -0.2) is 4.39 Å². The highest BCUT2D eigenvalue weighted by atomic mass is 19.1. The molecule has 0 spiro atoms. The Morgan fingerprint density at radius 1 is 1.15 bits per heavy atom. The van der Waals surface area contributed by atoms with Gasteiger partial charge < -0.3 is 14.4 Å². The predicted molar refractivity (Wildman–Crippen MR) is 75.3 cm³/mol. The van der Waals surface area contributed by atoms with E-state index in [9.17, 15) is 9.50 Å². The molecule has 102 valence electrons. The van der Waals surface area contributed by atoms with Crippen LogP contribution in [-0.2, 0) is 13.7 Å². The molecule has 0 aliphatic carbocycles. The number of halogens is 1. The minimum Gasteiger partial charge on any atom is -0.506 e. The van der Waals surface area contributed by atoms with E-state index in [1.165, 1.54) is 12.1 Å². The van der Waals surface area contributed by atoms with Crippen LogP contribution in [0, 0.1) is 5.82 Å². The van der Waals surface area contributed by atoms with Crippen molar-refractivity contribution >= 4 is 10.9 Å². The number of aromatic nitrogens is 1. The smallest absolute Gasteiger partial charge is 0.139 e. The summed E-state index contributed by atoms with van der Waals surface area (Å²) in [5.41, 5.74) is 1.72. The van der Waals surface area contributed by atoms with Crippen molar-refractivity contribution in [3.05, 3.63) is 60.0 Å². The second-order valence-electron chi connectivity index (χ2n) is 4.65. The third-order valence-electron chi connectivity index (χ3n) is 3.33.